The molecular weight excluding hydrogens is 359 g/mol. The molecule has 0 saturated heterocycles. The summed E-state index contributed by atoms with van der Waals surface area (Å²) in [6.07, 6.45) is -4.47. The van der Waals surface area contributed by atoms with Gasteiger partial charge in [0, 0.05) is 5.56 Å². The first-order chi connectivity index (χ1) is 11.7. The molecule has 0 spiro atoms. The quantitative estimate of drug-likeness (QED) is 0.579. The van der Waals surface area contributed by atoms with Crippen LogP contribution in [0.15, 0.2) is 40.3 Å². The third-order valence-corrected chi connectivity index (χ3v) is 3.77. The largest absolute Gasteiger partial charge is 0.478 e. The zero-order valence-electron chi connectivity index (χ0n) is 12.8. The van der Waals surface area contributed by atoms with E-state index in [0.29, 0.717) is 0 Å². The Kier molecular flexibility index (Phi) is 5.24. The third-order valence-electron chi connectivity index (χ3n) is 3.44. The van der Waals surface area contributed by atoms with Crippen molar-refractivity contribution in [3.05, 3.63) is 52.3 Å². The second kappa shape index (κ2) is 7.03. The number of carbonyl (C=O) groups is 1. The second-order valence-corrected chi connectivity index (χ2v) is 5.39. The number of nitriles is 1. The Labute approximate surface area is 145 Å². The Balaban J connectivity index is 2.56. The fourth-order valence-electron chi connectivity index (χ4n) is 2.21. The predicted octanol–water partition coefficient (Wildman–Crippen LogP) is 5.39. The van der Waals surface area contributed by atoms with Gasteiger partial charge in [-0.1, -0.05) is 18.5 Å². The molecule has 0 amide bonds. The number of benzene rings is 1. The van der Waals surface area contributed by atoms with Gasteiger partial charge in [0.05, 0.1) is 16.2 Å². The molecule has 0 aliphatic heterocycles. The molecule has 130 valence electrons. The zero-order chi connectivity index (χ0) is 18.8. The minimum absolute atomic E-state index is 0.000285. The standard InChI is InChI=1S/C17H11ClF3NO3/c1-2-10(16(23)24)12(8-22)15-6-5-14(25-15)11-7-9(17(19,20)21)3-4-13(11)18/h3-7H,2H2,1H3,(H,23,24). The number of allylic oxidation sites excluding steroid dienone is 1. The number of rotatable bonds is 4. The van der Waals surface area contributed by atoms with Crippen molar-refractivity contribution in [3.63, 3.8) is 0 Å². The number of hydrogen-bond acceptors (Lipinski definition) is 3. The number of aliphatic carboxylic acids is 1. The average molecular weight is 370 g/mol. The monoisotopic (exact) mass is 369 g/mol. The van der Waals surface area contributed by atoms with Gasteiger partial charge in [0.15, 0.2) is 0 Å². The summed E-state index contributed by atoms with van der Waals surface area (Å²) < 4.78 is 44.0. The summed E-state index contributed by atoms with van der Waals surface area (Å²) in [6.45, 7) is 1.56. The maximum absolute atomic E-state index is 12.9. The molecule has 2 rings (SSSR count). The number of carboxylic acids is 1. The molecule has 1 aromatic carbocycles. The molecule has 1 aromatic heterocycles. The lowest BCUT2D eigenvalue weighted by atomic mass is 10.1. The summed E-state index contributed by atoms with van der Waals surface area (Å²) in [5, 5.41) is 18.4. The molecule has 1 N–H and O–H groups in total. The van der Waals surface area contributed by atoms with Crippen LogP contribution in [0.1, 0.15) is 24.7 Å². The molecule has 0 aliphatic rings. The van der Waals surface area contributed by atoms with Crippen LogP contribution in [0.3, 0.4) is 0 Å². The van der Waals surface area contributed by atoms with Gasteiger partial charge in [0.25, 0.3) is 0 Å². The molecule has 0 atom stereocenters. The van der Waals surface area contributed by atoms with Crippen LogP contribution in [0.2, 0.25) is 5.02 Å². The number of hydrogen-bond donors (Lipinski definition) is 1. The van der Waals surface area contributed by atoms with Crippen LogP contribution in [0, 0.1) is 11.3 Å². The lowest BCUT2D eigenvalue weighted by Crippen LogP contribution is -2.04. The maximum Gasteiger partial charge on any atom is 0.416 e. The van der Waals surface area contributed by atoms with Crippen molar-refractivity contribution >= 4 is 23.1 Å². The molecule has 0 unspecified atom stereocenters. The summed E-state index contributed by atoms with van der Waals surface area (Å²) in [7, 11) is 0. The van der Waals surface area contributed by atoms with E-state index < -0.39 is 17.7 Å². The molecule has 4 nitrogen and oxygen atoms in total. The van der Waals surface area contributed by atoms with Crippen molar-refractivity contribution < 1.29 is 27.5 Å². The number of nitrogens with zero attached hydrogens (tertiary/aromatic N) is 1. The molecule has 1 heterocycles. The number of furan rings is 1. The summed E-state index contributed by atoms with van der Waals surface area (Å²) in [5.74, 6) is -1.32. The van der Waals surface area contributed by atoms with Gasteiger partial charge in [-0.15, -0.1) is 0 Å². The highest BCUT2D eigenvalue weighted by Gasteiger charge is 2.31. The van der Waals surface area contributed by atoms with Crippen LogP contribution >= 0.6 is 11.6 Å². The van der Waals surface area contributed by atoms with E-state index in [1.165, 1.54) is 12.1 Å². The van der Waals surface area contributed by atoms with Crippen molar-refractivity contribution in [3.8, 4) is 17.4 Å². The lowest BCUT2D eigenvalue weighted by molar-refractivity contribution is -0.137. The van der Waals surface area contributed by atoms with E-state index in [2.05, 4.69) is 0 Å². The Bertz CT molecular complexity index is 891. The van der Waals surface area contributed by atoms with Gasteiger partial charge in [0.1, 0.15) is 23.2 Å². The van der Waals surface area contributed by atoms with Crippen molar-refractivity contribution in [2.45, 2.75) is 19.5 Å². The minimum atomic E-state index is -4.55. The topological polar surface area (TPSA) is 74.2 Å². The highest BCUT2D eigenvalue weighted by molar-refractivity contribution is 6.33. The number of carboxylic acid groups (broad SMARTS) is 1. The molecule has 25 heavy (non-hydrogen) atoms. The van der Waals surface area contributed by atoms with E-state index in [4.69, 9.17) is 21.1 Å². The molecule has 0 fully saturated rings. The van der Waals surface area contributed by atoms with E-state index in [1.807, 2.05) is 0 Å². The summed E-state index contributed by atoms with van der Waals surface area (Å²) in [4.78, 5) is 11.2. The van der Waals surface area contributed by atoms with Crippen LogP contribution in [-0.2, 0) is 11.0 Å². The van der Waals surface area contributed by atoms with Gasteiger partial charge in [-0.25, -0.2) is 4.79 Å². The molecule has 0 aliphatic carbocycles. The normalized spacial score (nSPS) is 12.5. The van der Waals surface area contributed by atoms with Gasteiger partial charge in [-0.05, 0) is 36.8 Å². The van der Waals surface area contributed by atoms with E-state index >= 15 is 0 Å². The minimum Gasteiger partial charge on any atom is -0.478 e. The van der Waals surface area contributed by atoms with E-state index in [-0.39, 0.29) is 39.7 Å². The highest BCUT2D eigenvalue weighted by Crippen LogP contribution is 2.37. The summed E-state index contributed by atoms with van der Waals surface area (Å²) in [6, 6.07) is 7.19. The lowest BCUT2D eigenvalue weighted by Gasteiger charge is -2.09. The number of halogens is 4. The fraction of sp³-hybridized carbons (Fsp3) is 0.176. The van der Waals surface area contributed by atoms with Gasteiger partial charge in [0.2, 0.25) is 0 Å². The van der Waals surface area contributed by atoms with Gasteiger partial charge < -0.3 is 9.52 Å². The predicted molar refractivity (Wildman–Crippen MR) is 84.6 cm³/mol. The zero-order valence-corrected chi connectivity index (χ0v) is 13.6. The van der Waals surface area contributed by atoms with Gasteiger partial charge in [-0.2, -0.15) is 18.4 Å². The first kappa shape index (κ1) is 18.6. The van der Waals surface area contributed by atoms with Crippen molar-refractivity contribution in [2.24, 2.45) is 0 Å². The first-order valence-corrected chi connectivity index (χ1v) is 7.40. The van der Waals surface area contributed by atoms with Gasteiger partial charge >= 0.3 is 12.1 Å². The van der Waals surface area contributed by atoms with E-state index in [9.17, 15) is 23.2 Å². The summed E-state index contributed by atoms with van der Waals surface area (Å²) in [5.41, 5.74) is -1.25. The second-order valence-electron chi connectivity index (χ2n) is 4.98. The molecule has 0 radical (unpaired) electrons. The van der Waals surface area contributed by atoms with Crippen LogP contribution in [0.5, 0.6) is 0 Å². The molecule has 0 saturated carbocycles. The summed E-state index contributed by atoms with van der Waals surface area (Å²) >= 11 is 5.95. The van der Waals surface area contributed by atoms with Crippen molar-refractivity contribution in [2.75, 3.05) is 0 Å². The van der Waals surface area contributed by atoms with Crippen LogP contribution < -0.4 is 0 Å². The van der Waals surface area contributed by atoms with E-state index in [1.54, 1.807) is 13.0 Å². The Morgan fingerprint density at radius 2 is 2.00 bits per heavy atom. The average Bonchev–Trinajstić information content (AvgIpc) is 3.00. The van der Waals surface area contributed by atoms with Crippen LogP contribution in [0.4, 0.5) is 13.2 Å². The highest BCUT2D eigenvalue weighted by atomic mass is 35.5. The van der Waals surface area contributed by atoms with E-state index in [0.717, 1.165) is 18.2 Å². The van der Waals surface area contributed by atoms with Crippen LogP contribution in [-0.4, -0.2) is 11.1 Å². The third kappa shape index (κ3) is 3.86. The first-order valence-electron chi connectivity index (χ1n) is 7.02. The molecular formula is C17H11ClF3NO3. The Morgan fingerprint density at radius 1 is 1.32 bits per heavy atom. The molecule has 0 bridgehead atoms. The maximum atomic E-state index is 12.9. The molecule has 2 aromatic rings. The Hall–Kier alpha value is -2.72. The van der Waals surface area contributed by atoms with Crippen LogP contribution in [0.25, 0.3) is 16.9 Å². The smallest absolute Gasteiger partial charge is 0.416 e. The van der Waals surface area contributed by atoms with Crippen molar-refractivity contribution in [1.29, 1.82) is 5.26 Å². The number of alkyl halides is 3. The Morgan fingerprint density at radius 3 is 2.52 bits per heavy atom. The molecule has 8 heteroatoms. The SMILES string of the molecule is CCC(C(=O)O)=C(C#N)c1ccc(-c2cc(C(F)(F)F)ccc2Cl)o1. The van der Waals surface area contributed by atoms with Gasteiger partial charge in [-0.3, -0.25) is 0 Å². The fourth-order valence-corrected chi connectivity index (χ4v) is 2.42. The van der Waals surface area contributed by atoms with Crippen molar-refractivity contribution in [1.82, 2.24) is 0 Å².